The number of hydrogen-bond donors (Lipinski definition) is 1. The molecule has 0 heterocycles. The highest BCUT2D eigenvalue weighted by Crippen LogP contribution is 2.24. The van der Waals surface area contributed by atoms with Crippen LogP contribution in [0.25, 0.3) is 0 Å². The summed E-state index contributed by atoms with van der Waals surface area (Å²) in [5.41, 5.74) is 1.14. The van der Waals surface area contributed by atoms with Crippen molar-refractivity contribution in [1.82, 2.24) is 0 Å². The molecule has 1 aromatic rings. The average molecular weight is 273 g/mol. The van der Waals surface area contributed by atoms with Gasteiger partial charge in [-0.25, -0.2) is 0 Å². The van der Waals surface area contributed by atoms with Crippen molar-refractivity contribution in [3.8, 4) is 5.75 Å². The molecule has 1 rings (SSSR count). The van der Waals surface area contributed by atoms with E-state index in [-0.39, 0.29) is 6.10 Å². The second-order valence-electron chi connectivity index (χ2n) is 3.56. The van der Waals surface area contributed by atoms with Crippen molar-refractivity contribution in [2.75, 3.05) is 7.11 Å². The molecular formula is C12H17BrO2. The van der Waals surface area contributed by atoms with Crippen molar-refractivity contribution < 1.29 is 9.84 Å². The van der Waals surface area contributed by atoms with Crippen LogP contribution in [-0.4, -0.2) is 18.3 Å². The summed E-state index contributed by atoms with van der Waals surface area (Å²) in [4.78, 5) is 0. The molecule has 3 heteroatoms. The molecule has 15 heavy (non-hydrogen) atoms. The van der Waals surface area contributed by atoms with E-state index in [0.29, 0.717) is 0 Å². The molecule has 0 bridgehead atoms. The second kappa shape index (κ2) is 6.13. The summed E-state index contributed by atoms with van der Waals surface area (Å²) in [5.74, 6) is 0.890. The maximum atomic E-state index is 9.50. The third-order valence-corrected chi connectivity index (χ3v) is 2.95. The van der Waals surface area contributed by atoms with Gasteiger partial charge in [0.1, 0.15) is 5.75 Å². The van der Waals surface area contributed by atoms with Crippen molar-refractivity contribution in [2.24, 2.45) is 0 Å². The third-order valence-electron chi connectivity index (χ3n) is 2.46. The minimum absolute atomic E-state index is 0.214. The quantitative estimate of drug-likeness (QED) is 0.893. The van der Waals surface area contributed by atoms with E-state index in [0.717, 1.165) is 35.0 Å². The molecule has 0 spiro atoms. The normalized spacial score (nSPS) is 12.5. The molecular weight excluding hydrogens is 256 g/mol. The fourth-order valence-corrected chi connectivity index (χ4v) is 1.88. The Hall–Kier alpha value is -0.540. The van der Waals surface area contributed by atoms with Gasteiger partial charge in [0.25, 0.3) is 0 Å². The van der Waals surface area contributed by atoms with E-state index in [1.54, 1.807) is 7.11 Å². The van der Waals surface area contributed by atoms with E-state index in [2.05, 4.69) is 15.9 Å². The minimum atomic E-state index is -0.214. The lowest BCUT2D eigenvalue weighted by Crippen LogP contribution is -2.06. The fraction of sp³-hybridized carbons (Fsp3) is 0.500. The molecule has 1 aromatic carbocycles. The topological polar surface area (TPSA) is 29.5 Å². The summed E-state index contributed by atoms with van der Waals surface area (Å²) >= 11 is 3.43. The summed E-state index contributed by atoms with van der Waals surface area (Å²) in [6.07, 6.45) is 2.21. The molecule has 0 aliphatic rings. The van der Waals surface area contributed by atoms with Crippen LogP contribution >= 0.6 is 15.9 Å². The molecule has 0 saturated heterocycles. The van der Waals surface area contributed by atoms with Crippen LogP contribution in [0.2, 0.25) is 0 Å². The van der Waals surface area contributed by atoms with Gasteiger partial charge in [0, 0.05) is 4.47 Å². The van der Waals surface area contributed by atoms with E-state index in [1.165, 1.54) is 0 Å². The van der Waals surface area contributed by atoms with Crippen LogP contribution in [0.3, 0.4) is 0 Å². The molecule has 0 radical (unpaired) electrons. The van der Waals surface area contributed by atoms with Gasteiger partial charge in [-0.15, -0.1) is 0 Å². The van der Waals surface area contributed by atoms with Gasteiger partial charge >= 0.3 is 0 Å². The van der Waals surface area contributed by atoms with Gasteiger partial charge in [0.05, 0.1) is 13.2 Å². The molecule has 0 saturated carbocycles. The van der Waals surface area contributed by atoms with E-state index >= 15 is 0 Å². The summed E-state index contributed by atoms with van der Waals surface area (Å²) in [6, 6.07) is 5.94. The van der Waals surface area contributed by atoms with Crippen molar-refractivity contribution >= 4 is 15.9 Å². The maximum absolute atomic E-state index is 9.50. The zero-order chi connectivity index (χ0) is 11.3. The van der Waals surface area contributed by atoms with E-state index < -0.39 is 0 Å². The van der Waals surface area contributed by atoms with E-state index in [4.69, 9.17) is 4.74 Å². The summed E-state index contributed by atoms with van der Waals surface area (Å²) in [7, 11) is 1.67. The zero-order valence-corrected chi connectivity index (χ0v) is 10.8. The molecule has 0 aliphatic heterocycles. The molecule has 1 N–H and O–H groups in total. The Morgan fingerprint density at radius 1 is 1.47 bits per heavy atom. The number of aliphatic hydroxyl groups is 1. The van der Waals surface area contributed by atoms with Crippen LogP contribution in [0.1, 0.15) is 25.3 Å². The fourth-order valence-electron chi connectivity index (χ4n) is 1.47. The molecule has 0 aliphatic carbocycles. The van der Waals surface area contributed by atoms with Gasteiger partial charge < -0.3 is 9.84 Å². The standard InChI is InChI=1S/C12H17BrO2/c1-3-11(14)6-4-9-8-10(13)5-7-12(9)15-2/h5,7-8,11,14H,3-4,6H2,1-2H3. The number of aryl methyl sites for hydroxylation is 1. The first kappa shape index (κ1) is 12.5. The summed E-state index contributed by atoms with van der Waals surface area (Å²) in [5, 5.41) is 9.50. The van der Waals surface area contributed by atoms with Crippen LogP contribution in [0, 0.1) is 0 Å². The highest BCUT2D eigenvalue weighted by Gasteiger charge is 2.06. The maximum Gasteiger partial charge on any atom is 0.122 e. The Balaban J connectivity index is 2.69. The van der Waals surface area contributed by atoms with E-state index in [9.17, 15) is 5.11 Å². The lowest BCUT2D eigenvalue weighted by molar-refractivity contribution is 0.160. The van der Waals surface area contributed by atoms with Crippen molar-refractivity contribution in [2.45, 2.75) is 32.3 Å². The predicted molar refractivity (Wildman–Crippen MR) is 65.3 cm³/mol. The molecule has 0 aromatic heterocycles. The number of rotatable bonds is 5. The van der Waals surface area contributed by atoms with Crippen molar-refractivity contribution in [1.29, 1.82) is 0 Å². The lowest BCUT2D eigenvalue weighted by atomic mass is 10.0. The molecule has 84 valence electrons. The predicted octanol–water partition coefficient (Wildman–Crippen LogP) is 3.16. The Kier molecular flexibility index (Phi) is 5.12. The second-order valence-corrected chi connectivity index (χ2v) is 4.47. The Bertz CT molecular complexity index is 312. The van der Waals surface area contributed by atoms with Gasteiger partial charge in [0.15, 0.2) is 0 Å². The SMILES string of the molecule is CCC(O)CCc1cc(Br)ccc1OC. The number of methoxy groups -OCH3 is 1. The van der Waals surface area contributed by atoms with Gasteiger partial charge in [0.2, 0.25) is 0 Å². The molecule has 2 nitrogen and oxygen atoms in total. The van der Waals surface area contributed by atoms with Crippen LogP contribution in [0.4, 0.5) is 0 Å². The highest BCUT2D eigenvalue weighted by molar-refractivity contribution is 9.10. The highest BCUT2D eigenvalue weighted by atomic mass is 79.9. The first-order valence-electron chi connectivity index (χ1n) is 5.17. The van der Waals surface area contributed by atoms with Gasteiger partial charge in [-0.3, -0.25) is 0 Å². The minimum Gasteiger partial charge on any atom is -0.496 e. The number of ether oxygens (including phenoxy) is 1. The monoisotopic (exact) mass is 272 g/mol. The Morgan fingerprint density at radius 3 is 2.80 bits per heavy atom. The molecule has 0 amide bonds. The largest absolute Gasteiger partial charge is 0.496 e. The number of halogens is 1. The van der Waals surface area contributed by atoms with Gasteiger partial charge in [-0.1, -0.05) is 22.9 Å². The summed E-state index contributed by atoms with van der Waals surface area (Å²) < 4.78 is 6.31. The zero-order valence-electron chi connectivity index (χ0n) is 9.16. The van der Waals surface area contributed by atoms with Gasteiger partial charge in [-0.2, -0.15) is 0 Å². The number of benzene rings is 1. The number of aliphatic hydroxyl groups excluding tert-OH is 1. The third kappa shape index (κ3) is 3.84. The lowest BCUT2D eigenvalue weighted by Gasteiger charge is -2.11. The molecule has 1 unspecified atom stereocenters. The van der Waals surface area contributed by atoms with Crippen LogP contribution < -0.4 is 4.74 Å². The van der Waals surface area contributed by atoms with Crippen LogP contribution in [0.15, 0.2) is 22.7 Å². The molecule has 0 fully saturated rings. The van der Waals surface area contributed by atoms with Crippen molar-refractivity contribution in [3.63, 3.8) is 0 Å². The van der Waals surface area contributed by atoms with Crippen LogP contribution in [-0.2, 0) is 6.42 Å². The molecule has 1 atom stereocenters. The Morgan fingerprint density at radius 2 is 2.20 bits per heavy atom. The summed E-state index contributed by atoms with van der Waals surface area (Å²) in [6.45, 7) is 1.99. The van der Waals surface area contributed by atoms with E-state index in [1.807, 2.05) is 25.1 Å². The van der Waals surface area contributed by atoms with Crippen molar-refractivity contribution in [3.05, 3.63) is 28.2 Å². The van der Waals surface area contributed by atoms with Gasteiger partial charge in [-0.05, 0) is 43.0 Å². The van der Waals surface area contributed by atoms with Crippen LogP contribution in [0.5, 0.6) is 5.75 Å². The first-order chi connectivity index (χ1) is 7.17. The first-order valence-corrected chi connectivity index (χ1v) is 5.97. The Labute approximate surface area is 99.4 Å². The number of hydrogen-bond acceptors (Lipinski definition) is 2. The smallest absolute Gasteiger partial charge is 0.122 e. The average Bonchev–Trinajstić information content (AvgIpc) is 2.26.